The summed E-state index contributed by atoms with van der Waals surface area (Å²) in [5, 5.41) is 2.97. The second-order valence-corrected chi connectivity index (χ2v) is 7.52. The van der Waals surface area contributed by atoms with E-state index in [1.807, 2.05) is 6.07 Å². The lowest BCUT2D eigenvalue weighted by Crippen LogP contribution is -2.49. The van der Waals surface area contributed by atoms with Crippen LogP contribution in [0, 0.1) is 0 Å². The molecule has 1 heterocycles. The molecule has 0 bridgehead atoms. The maximum atomic E-state index is 12.8. The Morgan fingerprint density at radius 2 is 1.57 bits per heavy atom. The number of ether oxygens (including phenoxy) is 2. The number of benzene rings is 2. The molecule has 0 radical (unpaired) electrons. The summed E-state index contributed by atoms with van der Waals surface area (Å²) in [4.78, 5) is 29.5. The number of amides is 1. The van der Waals surface area contributed by atoms with Crippen LogP contribution in [0.3, 0.4) is 0 Å². The van der Waals surface area contributed by atoms with Crippen LogP contribution in [-0.4, -0.2) is 63.2 Å². The van der Waals surface area contributed by atoms with E-state index in [0.717, 1.165) is 31.9 Å². The first-order valence-electron chi connectivity index (χ1n) is 10.1. The number of hydrogen-bond donors (Lipinski definition) is 1. The van der Waals surface area contributed by atoms with Crippen LogP contribution in [0.5, 0.6) is 5.75 Å². The molecule has 2 aromatic rings. The van der Waals surface area contributed by atoms with Crippen LogP contribution >= 0.6 is 0 Å². The van der Waals surface area contributed by atoms with Crippen molar-refractivity contribution >= 4 is 23.3 Å². The summed E-state index contributed by atoms with van der Waals surface area (Å²) in [6.45, 7) is 7.98. The van der Waals surface area contributed by atoms with E-state index in [9.17, 15) is 9.59 Å². The molecule has 1 amide bonds. The number of esters is 1. The third-order valence-electron chi connectivity index (χ3n) is 5.40. The number of carbonyl (C=O) groups is 2. The Morgan fingerprint density at radius 1 is 0.933 bits per heavy atom. The lowest BCUT2D eigenvalue weighted by atomic mass is 10.1. The van der Waals surface area contributed by atoms with Crippen LogP contribution < -0.4 is 15.0 Å². The van der Waals surface area contributed by atoms with Crippen molar-refractivity contribution in [1.82, 2.24) is 4.90 Å². The smallest absolute Gasteiger partial charge is 0.337 e. The molecule has 0 aromatic heterocycles. The number of methoxy groups -OCH3 is 2. The average Bonchev–Trinajstić information content (AvgIpc) is 2.78. The zero-order valence-electron chi connectivity index (χ0n) is 18.0. The van der Waals surface area contributed by atoms with E-state index in [0.29, 0.717) is 28.6 Å². The molecule has 0 saturated carbocycles. The van der Waals surface area contributed by atoms with Gasteiger partial charge in [-0.25, -0.2) is 4.79 Å². The molecule has 1 saturated heterocycles. The summed E-state index contributed by atoms with van der Waals surface area (Å²) in [7, 11) is 2.93. The van der Waals surface area contributed by atoms with Gasteiger partial charge in [0, 0.05) is 37.8 Å². The molecular formula is C23H29N3O4. The molecular weight excluding hydrogens is 382 g/mol. The van der Waals surface area contributed by atoms with Crippen LogP contribution in [0.25, 0.3) is 0 Å². The van der Waals surface area contributed by atoms with Crippen molar-refractivity contribution in [2.75, 3.05) is 50.6 Å². The topological polar surface area (TPSA) is 71.1 Å². The third kappa shape index (κ3) is 4.91. The molecule has 30 heavy (non-hydrogen) atoms. The fraction of sp³-hybridized carbons (Fsp3) is 0.391. The lowest BCUT2D eigenvalue weighted by molar-refractivity contribution is 0.0600. The van der Waals surface area contributed by atoms with E-state index < -0.39 is 5.97 Å². The molecule has 0 spiro atoms. The summed E-state index contributed by atoms with van der Waals surface area (Å²) >= 11 is 0. The number of nitrogens with one attached hydrogen (secondary N) is 1. The second-order valence-electron chi connectivity index (χ2n) is 7.52. The fourth-order valence-electron chi connectivity index (χ4n) is 3.57. The van der Waals surface area contributed by atoms with Gasteiger partial charge in [-0.3, -0.25) is 9.69 Å². The summed E-state index contributed by atoms with van der Waals surface area (Å²) in [5.41, 5.74) is 2.39. The van der Waals surface area contributed by atoms with Crippen molar-refractivity contribution in [2.45, 2.75) is 19.9 Å². The van der Waals surface area contributed by atoms with E-state index in [1.54, 1.807) is 43.5 Å². The van der Waals surface area contributed by atoms with Crippen LogP contribution in [0.4, 0.5) is 11.4 Å². The molecule has 2 aromatic carbocycles. The molecule has 1 N–H and O–H groups in total. The molecule has 0 atom stereocenters. The maximum Gasteiger partial charge on any atom is 0.337 e. The normalized spacial score (nSPS) is 14.5. The first kappa shape index (κ1) is 21.6. The quantitative estimate of drug-likeness (QED) is 0.736. The third-order valence-corrected chi connectivity index (χ3v) is 5.40. The Balaban J connectivity index is 1.86. The molecule has 3 rings (SSSR count). The van der Waals surface area contributed by atoms with E-state index >= 15 is 0 Å². The molecule has 160 valence electrons. The van der Waals surface area contributed by atoms with Crippen LogP contribution in [0.1, 0.15) is 34.6 Å². The monoisotopic (exact) mass is 411 g/mol. The SMILES string of the molecule is COC(=O)c1ccc(N2CCN(C(C)C)CC2)c(NC(=O)c2ccc(OC)cc2)c1. The number of nitrogens with zero attached hydrogens (tertiary/aromatic N) is 2. The number of carbonyl (C=O) groups excluding carboxylic acids is 2. The highest BCUT2D eigenvalue weighted by Gasteiger charge is 2.22. The van der Waals surface area contributed by atoms with Gasteiger partial charge >= 0.3 is 5.97 Å². The standard InChI is InChI=1S/C23H29N3O4/c1-16(2)25-11-13-26(14-12-25)21-10-7-18(23(28)30-4)15-20(21)24-22(27)17-5-8-19(29-3)9-6-17/h5-10,15-16H,11-14H2,1-4H3,(H,24,27). The van der Waals surface area contributed by atoms with Crippen molar-refractivity contribution < 1.29 is 19.1 Å². The zero-order chi connectivity index (χ0) is 21.7. The Hall–Kier alpha value is -3.06. The van der Waals surface area contributed by atoms with Gasteiger partial charge in [0.15, 0.2) is 0 Å². The van der Waals surface area contributed by atoms with Gasteiger partial charge in [-0.2, -0.15) is 0 Å². The predicted octanol–water partition coefficient (Wildman–Crippen LogP) is 3.26. The van der Waals surface area contributed by atoms with Gasteiger partial charge in [-0.1, -0.05) is 0 Å². The van der Waals surface area contributed by atoms with Gasteiger partial charge in [0.1, 0.15) is 5.75 Å². The van der Waals surface area contributed by atoms with E-state index in [1.165, 1.54) is 7.11 Å². The van der Waals surface area contributed by atoms with Crippen molar-refractivity contribution in [3.63, 3.8) is 0 Å². The minimum absolute atomic E-state index is 0.248. The first-order chi connectivity index (χ1) is 14.4. The van der Waals surface area contributed by atoms with Gasteiger partial charge in [0.25, 0.3) is 5.91 Å². The van der Waals surface area contributed by atoms with Gasteiger partial charge in [-0.15, -0.1) is 0 Å². The summed E-state index contributed by atoms with van der Waals surface area (Å²) in [6.07, 6.45) is 0. The molecule has 0 unspecified atom stereocenters. The van der Waals surface area contributed by atoms with E-state index in [4.69, 9.17) is 9.47 Å². The van der Waals surface area contributed by atoms with Gasteiger partial charge in [0.2, 0.25) is 0 Å². The Morgan fingerprint density at radius 3 is 2.13 bits per heavy atom. The Labute approximate surface area is 177 Å². The number of piperazine rings is 1. The second kappa shape index (κ2) is 9.63. The Kier molecular flexibility index (Phi) is 6.95. The molecule has 1 aliphatic heterocycles. The van der Waals surface area contributed by atoms with Crippen molar-refractivity contribution in [1.29, 1.82) is 0 Å². The van der Waals surface area contributed by atoms with E-state index in [2.05, 4.69) is 29.0 Å². The highest BCUT2D eigenvalue weighted by molar-refractivity contribution is 6.07. The molecule has 7 heteroatoms. The highest BCUT2D eigenvalue weighted by Crippen LogP contribution is 2.29. The summed E-state index contributed by atoms with van der Waals surface area (Å²) in [5.74, 6) is -0.00388. The van der Waals surface area contributed by atoms with Crippen LogP contribution in [-0.2, 0) is 4.74 Å². The van der Waals surface area contributed by atoms with E-state index in [-0.39, 0.29) is 5.91 Å². The summed E-state index contributed by atoms with van der Waals surface area (Å²) < 4.78 is 10.00. The minimum Gasteiger partial charge on any atom is -0.497 e. The summed E-state index contributed by atoms with van der Waals surface area (Å²) in [6, 6.07) is 12.7. The highest BCUT2D eigenvalue weighted by atomic mass is 16.5. The van der Waals surface area contributed by atoms with Crippen molar-refractivity contribution in [3.8, 4) is 5.75 Å². The van der Waals surface area contributed by atoms with Gasteiger partial charge < -0.3 is 19.7 Å². The predicted molar refractivity (Wildman–Crippen MR) is 118 cm³/mol. The first-order valence-corrected chi connectivity index (χ1v) is 10.1. The maximum absolute atomic E-state index is 12.8. The van der Waals surface area contributed by atoms with Crippen LogP contribution in [0.2, 0.25) is 0 Å². The number of hydrogen-bond acceptors (Lipinski definition) is 6. The number of rotatable bonds is 6. The zero-order valence-corrected chi connectivity index (χ0v) is 18.0. The van der Waals surface area contributed by atoms with Crippen molar-refractivity contribution in [3.05, 3.63) is 53.6 Å². The number of anilines is 2. The molecule has 0 aliphatic carbocycles. The minimum atomic E-state index is -0.439. The Bertz CT molecular complexity index is 888. The molecule has 1 fully saturated rings. The van der Waals surface area contributed by atoms with Gasteiger partial charge in [-0.05, 0) is 56.3 Å². The largest absolute Gasteiger partial charge is 0.497 e. The fourth-order valence-corrected chi connectivity index (χ4v) is 3.57. The van der Waals surface area contributed by atoms with Crippen LogP contribution in [0.15, 0.2) is 42.5 Å². The lowest BCUT2D eigenvalue weighted by Gasteiger charge is -2.38. The average molecular weight is 412 g/mol. The van der Waals surface area contributed by atoms with Crippen molar-refractivity contribution in [2.24, 2.45) is 0 Å². The van der Waals surface area contributed by atoms with Gasteiger partial charge in [0.05, 0.1) is 31.2 Å². The molecule has 1 aliphatic rings. The molecule has 7 nitrogen and oxygen atoms in total.